The number of hydrogen-bond acceptors (Lipinski definition) is 3. The van der Waals surface area contributed by atoms with E-state index in [1.807, 2.05) is 31.2 Å². The van der Waals surface area contributed by atoms with Gasteiger partial charge in [0.2, 0.25) is 0 Å². The van der Waals surface area contributed by atoms with Crippen LogP contribution in [0.15, 0.2) is 24.3 Å². The van der Waals surface area contributed by atoms with Crippen LogP contribution in [0.25, 0.3) is 10.9 Å². The third kappa shape index (κ3) is 2.87. The quantitative estimate of drug-likeness (QED) is 0.943. The third-order valence-corrected chi connectivity index (χ3v) is 4.52. The van der Waals surface area contributed by atoms with E-state index in [4.69, 9.17) is 16.7 Å². The lowest BCUT2D eigenvalue weighted by molar-refractivity contribution is -0.139. The minimum Gasteiger partial charge on any atom is -0.481 e. The summed E-state index contributed by atoms with van der Waals surface area (Å²) in [6, 6.07) is 7.98. The molecule has 1 aliphatic rings. The van der Waals surface area contributed by atoms with Gasteiger partial charge in [-0.15, -0.1) is 0 Å². The summed E-state index contributed by atoms with van der Waals surface area (Å²) in [5.41, 5.74) is 2.89. The molecule has 1 saturated heterocycles. The molecule has 0 amide bonds. The number of fused-ring (bicyclic) bond motifs is 1. The number of pyridine rings is 1. The molecule has 1 aromatic heterocycles. The van der Waals surface area contributed by atoms with E-state index in [0.29, 0.717) is 6.54 Å². The van der Waals surface area contributed by atoms with Gasteiger partial charge in [-0.25, -0.2) is 4.98 Å². The second kappa shape index (κ2) is 5.62. The Morgan fingerprint density at radius 2 is 2.14 bits per heavy atom. The topological polar surface area (TPSA) is 53.4 Å². The van der Waals surface area contributed by atoms with Crippen molar-refractivity contribution >= 4 is 28.5 Å². The Labute approximate surface area is 128 Å². The Morgan fingerprint density at radius 1 is 1.43 bits per heavy atom. The van der Waals surface area contributed by atoms with Gasteiger partial charge in [0.25, 0.3) is 0 Å². The van der Waals surface area contributed by atoms with Gasteiger partial charge in [0, 0.05) is 25.0 Å². The maximum absolute atomic E-state index is 10.7. The molecule has 0 saturated carbocycles. The van der Waals surface area contributed by atoms with Crippen LogP contribution >= 0.6 is 11.6 Å². The third-order valence-electron chi connectivity index (χ3n) is 4.02. The van der Waals surface area contributed by atoms with Crippen LogP contribution in [0, 0.1) is 12.8 Å². The predicted octanol–water partition coefficient (Wildman–Crippen LogP) is 3.10. The largest absolute Gasteiger partial charge is 0.481 e. The molecule has 0 atom stereocenters. The first-order chi connectivity index (χ1) is 10.0. The Balaban J connectivity index is 1.76. The first-order valence-corrected chi connectivity index (χ1v) is 7.40. The molecular formula is C16H17ClN2O2. The SMILES string of the molecule is Cc1c(Cl)c(CN2CC(CC(=O)O)C2)nc2ccccc12. The molecule has 0 spiro atoms. The zero-order chi connectivity index (χ0) is 15.0. The number of aryl methyl sites for hydroxylation is 1. The lowest BCUT2D eigenvalue weighted by Crippen LogP contribution is -2.46. The number of carboxylic acid groups (broad SMARTS) is 1. The number of carboxylic acids is 1. The highest BCUT2D eigenvalue weighted by molar-refractivity contribution is 6.32. The molecule has 0 radical (unpaired) electrons. The van der Waals surface area contributed by atoms with E-state index in [1.54, 1.807) is 0 Å². The average molecular weight is 305 g/mol. The monoisotopic (exact) mass is 304 g/mol. The summed E-state index contributed by atoms with van der Waals surface area (Å²) >= 11 is 6.43. The number of aromatic nitrogens is 1. The molecule has 3 rings (SSSR count). The van der Waals surface area contributed by atoms with Crippen molar-refractivity contribution in [3.8, 4) is 0 Å². The molecule has 4 nitrogen and oxygen atoms in total. The highest BCUT2D eigenvalue weighted by Crippen LogP contribution is 2.29. The molecule has 2 aromatic rings. The molecule has 0 aliphatic carbocycles. The fourth-order valence-corrected chi connectivity index (χ4v) is 3.12. The van der Waals surface area contributed by atoms with E-state index in [2.05, 4.69) is 9.88 Å². The van der Waals surface area contributed by atoms with Crippen molar-refractivity contribution in [3.63, 3.8) is 0 Å². The number of benzene rings is 1. The average Bonchev–Trinajstić information content (AvgIpc) is 2.41. The van der Waals surface area contributed by atoms with Gasteiger partial charge in [0.1, 0.15) is 0 Å². The molecule has 1 aliphatic heterocycles. The minimum absolute atomic E-state index is 0.244. The molecule has 2 heterocycles. The van der Waals surface area contributed by atoms with E-state index in [1.165, 1.54) is 0 Å². The van der Waals surface area contributed by atoms with Crippen molar-refractivity contribution < 1.29 is 9.90 Å². The van der Waals surface area contributed by atoms with Gasteiger partial charge in [-0.3, -0.25) is 9.69 Å². The van der Waals surface area contributed by atoms with Gasteiger partial charge in [0.15, 0.2) is 0 Å². The van der Waals surface area contributed by atoms with Crippen LogP contribution in [0.3, 0.4) is 0 Å². The summed E-state index contributed by atoms with van der Waals surface area (Å²) in [5.74, 6) is -0.472. The summed E-state index contributed by atoms with van der Waals surface area (Å²) in [5, 5.41) is 10.6. The van der Waals surface area contributed by atoms with Crippen molar-refractivity contribution in [2.45, 2.75) is 19.9 Å². The molecule has 21 heavy (non-hydrogen) atoms. The first kappa shape index (κ1) is 14.3. The fourth-order valence-electron chi connectivity index (χ4n) is 2.92. The summed E-state index contributed by atoms with van der Waals surface area (Å²) in [4.78, 5) is 17.5. The summed E-state index contributed by atoms with van der Waals surface area (Å²) in [6.45, 7) is 4.30. The summed E-state index contributed by atoms with van der Waals surface area (Å²) in [7, 11) is 0. The van der Waals surface area contributed by atoms with E-state index in [0.717, 1.165) is 40.3 Å². The van der Waals surface area contributed by atoms with Crippen LogP contribution in [0.5, 0.6) is 0 Å². The van der Waals surface area contributed by atoms with Crippen LogP contribution in [0.1, 0.15) is 17.7 Å². The molecule has 5 heteroatoms. The highest BCUT2D eigenvalue weighted by Gasteiger charge is 2.29. The van der Waals surface area contributed by atoms with Crippen molar-refractivity contribution in [3.05, 3.63) is 40.5 Å². The van der Waals surface area contributed by atoms with Gasteiger partial charge in [-0.1, -0.05) is 29.8 Å². The lowest BCUT2D eigenvalue weighted by atomic mass is 9.96. The van der Waals surface area contributed by atoms with Crippen molar-refractivity contribution in [2.24, 2.45) is 5.92 Å². The standard InChI is InChI=1S/C16H17ClN2O2/c1-10-12-4-2-3-5-13(12)18-14(16(10)17)9-19-7-11(8-19)6-15(20)21/h2-5,11H,6-9H2,1H3,(H,20,21). The molecule has 1 N–H and O–H groups in total. The highest BCUT2D eigenvalue weighted by atomic mass is 35.5. The van der Waals surface area contributed by atoms with Gasteiger partial charge < -0.3 is 5.11 Å². The fraction of sp³-hybridized carbons (Fsp3) is 0.375. The van der Waals surface area contributed by atoms with Crippen molar-refractivity contribution in [1.29, 1.82) is 0 Å². The smallest absolute Gasteiger partial charge is 0.303 e. The van der Waals surface area contributed by atoms with E-state index in [-0.39, 0.29) is 12.3 Å². The maximum atomic E-state index is 10.7. The number of rotatable bonds is 4. The number of carbonyl (C=O) groups is 1. The second-order valence-corrected chi connectivity index (χ2v) is 6.05. The second-order valence-electron chi connectivity index (χ2n) is 5.67. The number of halogens is 1. The first-order valence-electron chi connectivity index (χ1n) is 7.02. The minimum atomic E-state index is -0.725. The number of nitrogens with zero attached hydrogens (tertiary/aromatic N) is 2. The van der Waals surface area contributed by atoms with Crippen molar-refractivity contribution in [1.82, 2.24) is 9.88 Å². The predicted molar refractivity (Wildman–Crippen MR) is 82.5 cm³/mol. The van der Waals surface area contributed by atoms with Gasteiger partial charge in [0.05, 0.1) is 22.7 Å². The Bertz CT molecular complexity index is 696. The van der Waals surface area contributed by atoms with Crippen LogP contribution in [0.4, 0.5) is 0 Å². The molecule has 0 bridgehead atoms. The van der Waals surface area contributed by atoms with E-state index in [9.17, 15) is 4.79 Å². The normalized spacial score (nSPS) is 16.1. The lowest BCUT2D eigenvalue weighted by Gasteiger charge is -2.38. The number of para-hydroxylation sites is 1. The maximum Gasteiger partial charge on any atom is 0.303 e. The van der Waals surface area contributed by atoms with Gasteiger partial charge >= 0.3 is 5.97 Å². The summed E-state index contributed by atoms with van der Waals surface area (Å²) in [6.07, 6.45) is 0.244. The number of hydrogen-bond donors (Lipinski definition) is 1. The van der Waals surface area contributed by atoms with E-state index < -0.39 is 5.97 Å². The summed E-state index contributed by atoms with van der Waals surface area (Å²) < 4.78 is 0. The van der Waals surface area contributed by atoms with Crippen LogP contribution in [-0.2, 0) is 11.3 Å². The zero-order valence-corrected chi connectivity index (χ0v) is 12.6. The van der Waals surface area contributed by atoms with Gasteiger partial charge in [-0.05, 0) is 24.5 Å². The molecule has 1 aromatic carbocycles. The Morgan fingerprint density at radius 3 is 2.86 bits per heavy atom. The number of likely N-dealkylation sites (tertiary alicyclic amines) is 1. The molecule has 0 unspecified atom stereocenters. The Hall–Kier alpha value is -1.65. The molecule has 110 valence electrons. The number of aliphatic carboxylic acids is 1. The molecular weight excluding hydrogens is 288 g/mol. The van der Waals surface area contributed by atoms with Crippen molar-refractivity contribution in [2.75, 3.05) is 13.1 Å². The van der Waals surface area contributed by atoms with E-state index >= 15 is 0 Å². The molecule has 1 fully saturated rings. The Kier molecular flexibility index (Phi) is 3.83. The van der Waals surface area contributed by atoms with Gasteiger partial charge in [-0.2, -0.15) is 0 Å². The van der Waals surface area contributed by atoms with Crippen LogP contribution in [-0.4, -0.2) is 34.0 Å². The zero-order valence-electron chi connectivity index (χ0n) is 11.8. The van der Waals surface area contributed by atoms with Crippen LogP contribution in [0.2, 0.25) is 5.02 Å². The van der Waals surface area contributed by atoms with Crippen LogP contribution < -0.4 is 0 Å².